The van der Waals surface area contributed by atoms with Crippen LogP contribution in [0.3, 0.4) is 0 Å². The van der Waals surface area contributed by atoms with Gasteiger partial charge in [-0.3, -0.25) is 0 Å². The third-order valence-corrected chi connectivity index (χ3v) is 4.38. The standard InChI is InChI=1S/C12H19ClN2O4S/c1-18-7-8-19-6-2-5-15-20(16,17)12-9-10(14)3-4-11(12)13/h3-4,9,15H,2,5-8,14H2,1H3. The van der Waals surface area contributed by atoms with Crippen LogP contribution in [0.5, 0.6) is 0 Å². The summed E-state index contributed by atoms with van der Waals surface area (Å²) in [5, 5.41) is 0.142. The van der Waals surface area contributed by atoms with E-state index in [9.17, 15) is 8.42 Å². The Hall–Kier alpha value is -0.860. The molecule has 0 saturated heterocycles. The zero-order valence-electron chi connectivity index (χ0n) is 11.3. The molecule has 0 aromatic heterocycles. The molecule has 0 saturated carbocycles. The molecule has 0 radical (unpaired) electrons. The summed E-state index contributed by atoms with van der Waals surface area (Å²) in [5.74, 6) is 0. The summed E-state index contributed by atoms with van der Waals surface area (Å²) in [7, 11) is -2.06. The van der Waals surface area contributed by atoms with E-state index >= 15 is 0 Å². The van der Waals surface area contributed by atoms with E-state index in [1.54, 1.807) is 13.2 Å². The Labute approximate surface area is 124 Å². The van der Waals surface area contributed by atoms with Gasteiger partial charge in [0, 0.05) is 25.9 Å². The van der Waals surface area contributed by atoms with E-state index in [4.69, 9.17) is 26.8 Å². The normalized spacial score (nSPS) is 11.7. The fourth-order valence-corrected chi connectivity index (χ4v) is 3.04. The zero-order valence-corrected chi connectivity index (χ0v) is 12.8. The molecule has 1 aromatic carbocycles. The molecule has 8 heteroatoms. The monoisotopic (exact) mass is 322 g/mol. The highest BCUT2D eigenvalue weighted by Gasteiger charge is 2.17. The van der Waals surface area contributed by atoms with Crippen molar-refractivity contribution in [3.8, 4) is 0 Å². The molecule has 0 unspecified atom stereocenters. The molecule has 0 aliphatic rings. The van der Waals surface area contributed by atoms with Gasteiger partial charge in [-0.15, -0.1) is 0 Å². The minimum atomic E-state index is -3.65. The van der Waals surface area contributed by atoms with E-state index in [2.05, 4.69) is 4.72 Å². The molecule has 1 rings (SSSR count). The Morgan fingerprint density at radius 3 is 2.75 bits per heavy atom. The van der Waals surface area contributed by atoms with Crippen LogP contribution in [0.1, 0.15) is 6.42 Å². The first kappa shape index (κ1) is 17.2. The third kappa shape index (κ3) is 5.64. The van der Waals surface area contributed by atoms with E-state index in [0.29, 0.717) is 31.9 Å². The van der Waals surface area contributed by atoms with Crippen LogP contribution in [0.15, 0.2) is 23.1 Å². The largest absolute Gasteiger partial charge is 0.399 e. The van der Waals surface area contributed by atoms with Crippen LogP contribution in [-0.2, 0) is 19.5 Å². The first-order valence-corrected chi connectivity index (χ1v) is 7.95. The fourth-order valence-electron chi connectivity index (χ4n) is 1.43. The summed E-state index contributed by atoms with van der Waals surface area (Å²) in [6.45, 7) is 1.73. The highest BCUT2D eigenvalue weighted by Crippen LogP contribution is 2.23. The second-order valence-electron chi connectivity index (χ2n) is 4.05. The van der Waals surface area contributed by atoms with E-state index < -0.39 is 10.0 Å². The molecule has 0 spiro atoms. The Morgan fingerprint density at radius 1 is 1.30 bits per heavy atom. The van der Waals surface area contributed by atoms with Gasteiger partial charge in [0.25, 0.3) is 0 Å². The van der Waals surface area contributed by atoms with Crippen molar-refractivity contribution >= 4 is 27.3 Å². The van der Waals surface area contributed by atoms with E-state index in [1.165, 1.54) is 12.1 Å². The molecule has 0 bridgehead atoms. The zero-order chi connectivity index (χ0) is 15.0. The lowest BCUT2D eigenvalue weighted by molar-refractivity contribution is 0.0699. The van der Waals surface area contributed by atoms with Crippen molar-refractivity contribution in [3.05, 3.63) is 23.2 Å². The molecule has 0 fully saturated rings. The van der Waals surface area contributed by atoms with Gasteiger partial charge in [-0.1, -0.05) is 11.6 Å². The molecule has 1 aromatic rings. The number of nitrogen functional groups attached to an aromatic ring is 1. The lowest BCUT2D eigenvalue weighted by Crippen LogP contribution is -2.26. The van der Waals surface area contributed by atoms with Gasteiger partial charge >= 0.3 is 0 Å². The van der Waals surface area contributed by atoms with Crippen LogP contribution >= 0.6 is 11.6 Å². The molecule has 3 N–H and O–H groups in total. The van der Waals surface area contributed by atoms with Crippen LogP contribution in [-0.4, -0.2) is 41.9 Å². The predicted octanol–water partition coefficient (Wildman–Crippen LogP) is 1.25. The number of halogens is 1. The van der Waals surface area contributed by atoms with Crippen LogP contribution in [0.25, 0.3) is 0 Å². The first-order chi connectivity index (χ1) is 9.47. The molecular weight excluding hydrogens is 304 g/mol. The van der Waals surface area contributed by atoms with Crippen molar-refractivity contribution in [1.29, 1.82) is 0 Å². The van der Waals surface area contributed by atoms with Gasteiger partial charge in [0.15, 0.2) is 0 Å². The number of nitrogens with two attached hydrogens (primary N) is 1. The minimum absolute atomic E-state index is 0.0144. The highest BCUT2D eigenvalue weighted by molar-refractivity contribution is 7.89. The topological polar surface area (TPSA) is 90.6 Å². The number of hydrogen-bond donors (Lipinski definition) is 2. The van der Waals surface area contributed by atoms with E-state index in [0.717, 1.165) is 0 Å². The van der Waals surface area contributed by atoms with Gasteiger partial charge in [0.2, 0.25) is 10.0 Å². The average Bonchev–Trinajstić information content (AvgIpc) is 2.40. The number of hydrogen-bond acceptors (Lipinski definition) is 5. The quantitative estimate of drug-likeness (QED) is 0.527. The lowest BCUT2D eigenvalue weighted by Gasteiger charge is -2.09. The number of rotatable bonds is 9. The number of anilines is 1. The molecule has 0 heterocycles. The molecule has 20 heavy (non-hydrogen) atoms. The average molecular weight is 323 g/mol. The van der Waals surface area contributed by atoms with Crippen molar-refractivity contribution < 1.29 is 17.9 Å². The Bertz CT molecular complexity index is 522. The lowest BCUT2D eigenvalue weighted by atomic mass is 10.3. The van der Waals surface area contributed by atoms with Crippen LogP contribution in [0, 0.1) is 0 Å². The summed E-state index contributed by atoms with van der Waals surface area (Å²) < 4.78 is 36.6. The third-order valence-electron chi connectivity index (χ3n) is 2.43. The second-order valence-corrected chi connectivity index (χ2v) is 6.19. The molecule has 6 nitrogen and oxygen atoms in total. The SMILES string of the molecule is COCCOCCCNS(=O)(=O)c1cc(N)ccc1Cl. The molecular formula is C12H19ClN2O4S. The summed E-state index contributed by atoms with van der Waals surface area (Å²) >= 11 is 5.86. The van der Waals surface area contributed by atoms with Crippen LogP contribution < -0.4 is 10.5 Å². The van der Waals surface area contributed by atoms with E-state index in [-0.39, 0.29) is 16.5 Å². The second kappa shape index (κ2) is 8.43. The van der Waals surface area contributed by atoms with Gasteiger partial charge in [-0.25, -0.2) is 13.1 Å². The number of benzene rings is 1. The van der Waals surface area contributed by atoms with Gasteiger partial charge in [-0.05, 0) is 24.6 Å². The number of ether oxygens (including phenoxy) is 2. The van der Waals surface area contributed by atoms with Crippen molar-refractivity contribution in [2.45, 2.75) is 11.3 Å². The van der Waals surface area contributed by atoms with Crippen LogP contribution in [0.2, 0.25) is 5.02 Å². The molecule has 0 amide bonds. The molecule has 114 valence electrons. The summed E-state index contributed by atoms with van der Waals surface area (Å²) in [6.07, 6.45) is 0.558. The van der Waals surface area contributed by atoms with Crippen molar-refractivity contribution in [1.82, 2.24) is 4.72 Å². The Kier molecular flexibility index (Phi) is 7.25. The van der Waals surface area contributed by atoms with Crippen molar-refractivity contribution in [2.75, 3.05) is 39.2 Å². The molecule has 0 atom stereocenters. The predicted molar refractivity (Wildman–Crippen MR) is 78.4 cm³/mol. The minimum Gasteiger partial charge on any atom is -0.399 e. The highest BCUT2D eigenvalue weighted by atomic mass is 35.5. The summed E-state index contributed by atoms with van der Waals surface area (Å²) in [5.41, 5.74) is 5.91. The first-order valence-electron chi connectivity index (χ1n) is 6.09. The van der Waals surface area contributed by atoms with Crippen molar-refractivity contribution in [3.63, 3.8) is 0 Å². The van der Waals surface area contributed by atoms with Gasteiger partial charge in [0.05, 0.1) is 18.2 Å². The smallest absolute Gasteiger partial charge is 0.242 e. The maximum atomic E-state index is 12.0. The van der Waals surface area contributed by atoms with Gasteiger partial charge < -0.3 is 15.2 Å². The number of sulfonamides is 1. The van der Waals surface area contributed by atoms with Crippen molar-refractivity contribution in [2.24, 2.45) is 0 Å². The van der Waals surface area contributed by atoms with Gasteiger partial charge in [-0.2, -0.15) is 0 Å². The summed E-state index contributed by atoms with van der Waals surface area (Å²) in [4.78, 5) is -0.0144. The summed E-state index contributed by atoms with van der Waals surface area (Å²) in [6, 6.07) is 4.34. The number of methoxy groups -OCH3 is 1. The van der Waals surface area contributed by atoms with E-state index in [1.807, 2.05) is 0 Å². The number of nitrogens with one attached hydrogen (secondary N) is 1. The van der Waals surface area contributed by atoms with Crippen LogP contribution in [0.4, 0.5) is 5.69 Å². The maximum absolute atomic E-state index is 12.0. The van der Waals surface area contributed by atoms with Gasteiger partial charge in [0.1, 0.15) is 4.90 Å². The Balaban J connectivity index is 2.44. The Morgan fingerprint density at radius 2 is 2.05 bits per heavy atom. The molecule has 0 aliphatic heterocycles. The maximum Gasteiger partial charge on any atom is 0.242 e. The molecule has 0 aliphatic carbocycles. The fraction of sp³-hybridized carbons (Fsp3) is 0.500.